The van der Waals surface area contributed by atoms with E-state index < -0.39 is 0 Å². The number of benzene rings is 1. The van der Waals surface area contributed by atoms with Crippen molar-refractivity contribution >= 4 is 17.5 Å². The van der Waals surface area contributed by atoms with Gasteiger partial charge in [0.25, 0.3) is 0 Å². The van der Waals surface area contributed by atoms with Gasteiger partial charge in [0.2, 0.25) is 11.8 Å². The van der Waals surface area contributed by atoms with Gasteiger partial charge in [0.15, 0.2) is 0 Å². The maximum atomic E-state index is 11.7. The molecule has 1 aromatic carbocycles. The van der Waals surface area contributed by atoms with E-state index in [1.54, 1.807) is 29.2 Å². The van der Waals surface area contributed by atoms with E-state index in [1.165, 1.54) is 0 Å². The second-order valence-electron chi connectivity index (χ2n) is 4.51. The highest BCUT2D eigenvalue weighted by Crippen LogP contribution is 2.12. The largest absolute Gasteiger partial charge is 0.493 e. The third kappa shape index (κ3) is 6.16. The summed E-state index contributed by atoms with van der Waals surface area (Å²) in [7, 11) is 0. The van der Waals surface area contributed by atoms with Gasteiger partial charge in [-0.1, -0.05) is 0 Å². The lowest BCUT2D eigenvalue weighted by Gasteiger charge is -2.18. The van der Waals surface area contributed by atoms with Crippen LogP contribution in [-0.4, -0.2) is 43.0 Å². The zero-order chi connectivity index (χ0) is 15.7. The first kappa shape index (κ1) is 16.8. The summed E-state index contributed by atoms with van der Waals surface area (Å²) >= 11 is 0. The highest BCUT2D eigenvalue weighted by atomic mass is 16.5. The number of nitrogens with one attached hydrogen (secondary N) is 1. The van der Waals surface area contributed by atoms with Gasteiger partial charge >= 0.3 is 0 Å². The topological polar surface area (TPSA) is 84.7 Å². The highest BCUT2D eigenvalue weighted by Gasteiger charge is 2.10. The number of likely N-dealkylation sites (N-methyl/N-ethyl adjacent to an activating group) is 1. The minimum absolute atomic E-state index is 0.0301. The van der Waals surface area contributed by atoms with Crippen LogP contribution in [0.5, 0.6) is 5.75 Å². The fraction of sp³-hybridized carbons (Fsp3) is 0.467. The number of anilines is 1. The number of carbonyl (C=O) groups excluding carboxylic acids is 2. The molecule has 6 nitrogen and oxygen atoms in total. The summed E-state index contributed by atoms with van der Waals surface area (Å²) in [5.74, 6) is 0.384. The molecule has 0 bridgehead atoms. The van der Waals surface area contributed by atoms with E-state index in [2.05, 4.69) is 5.32 Å². The maximum Gasteiger partial charge on any atom is 0.241 e. The molecule has 6 heteroatoms. The summed E-state index contributed by atoms with van der Waals surface area (Å²) < 4.78 is 5.42. The van der Waals surface area contributed by atoms with Crippen molar-refractivity contribution in [1.82, 2.24) is 10.2 Å². The van der Waals surface area contributed by atoms with Crippen molar-refractivity contribution in [2.45, 2.75) is 20.3 Å². The standard InChI is InChI=1S/C15H23N3O3/c1-3-18(4-2)15(20)11-17-14(19)9-10-21-13-7-5-12(16)6-8-13/h5-8H,3-4,9-11,16H2,1-2H3,(H,17,19). The number of nitrogens with zero attached hydrogens (tertiary/aromatic N) is 1. The Kier molecular flexibility index (Phi) is 7.08. The molecule has 0 aliphatic heterocycles. The van der Waals surface area contributed by atoms with Gasteiger partial charge in [-0.25, -0.2) is 0 Å². The minimum atomic E-state index is -0.203. The third-order valence-electron chi connectivity index (χ3n) is 3.03. The lowest BCUT2D eigenvalue weighted by molar-refractivity contribution is -0.132. The summed E-state index contributed by atoms with van der Waals surface area (Å²) in [4.78, 5) is 25.0. The van der Waals surface area contributed by atoms with Crippen molar-refractivity contribution in [1.29, 1.82) is 0 Å². The summed E-state index contributed by atoms with van der Waals surface area (Å²) in [5, 5.41) is 2.60. The lowest BCUT2D eigenvalue weighted by atomic mass is 10.3. The molecule has 0 aromatic heterocycles. The Balaban J connectivity index is 2.22. The Morgan fingerprint density at radius 2 is 1.81 bits per heavy atom. The molecule has 0 aliphatic rings. The molecule has 0 atom stereocenters. The number of hydrogen-bond acceptors (Lipinski definition) is 4. The monoisotopic (exact) mass is 293 g/mol. The van der Waals surface area contributed by atoms with Crippen LogP contribution in [0.4, 0.5) is 5.69 Å². The van der Waals surface area contributed by atoms with Gasteiger partial charge in [-0.2, -0.15) is 0 Å². The SMILES string of the molecule is CCN(CC)C(=O)CNC(=O)CCOc1ccc(N)cc1. The smallest absolute Gasteiger partial charge is 0.241 e. The predicted octanol–water partition coefficient (Wildman–Crippen LogP) is 1.02. The van der Waals surface area contributed by atoms with Gasteiger partial charge in [0.05, 0.1) is 19.6 Å². The Hall–Kier alpha value is -2.24. The number of carbonyl (C=O) groups is 2. The molecule has 0 radical (unpaired) electrons. The second-order valence-corrected chi connectivity index (χ2v) is 4.51. The highest BCUT2D eigenvalue weighted by molar-refractivity contribution is 5.84. The van der Waals surface area contributed by atoms with Gasteiger partial charge in [-0.15, -0.1) is 0 Å². The fourth-order valence-corrected chi connectivity index (χ4v) is 1.78. The van der Waals surface area contributed by atoms with Crippen LogP contribution in [0.25, 0.3) is 0 Å². The van der Waals surface area contributed by atoms with E-state index in [0.717, 1.165) is 0 Å². The molecule has 0 fully saturated rings. The second kappa shape index (κ2) is 8.84. The number of nitrogen functional groups attached to an aromatic ring is 1. The lowest BCUT2D eigenvalue weighted by Crippen LogP contribution is -2.40. The van der Waals surface area contributed by atoms with E-state index in [1.807, 2.05) is 13.8 Å². The number of rotatable bonds is 8. The molecule has 1 rings (SSSR count). The van der Waals surface area contributed by atoms with Crippen molar-refractivity contribution in [2.24, 2.45) is 0 Å². The van der Waals surface area contributed by atoms with Gasteiger partial charge in [0.1, 0.15) is 5.75 Å². The van der Waals surface area contributed by atoms with Crippen LogP contribution in [0, 0.1) is 0 Å². The number of nitrogens with two attached hydrogens (primary N) is 1. The summed E-state index contributed by atoms with van der Waals surface area (Å²) in [5.41, 5.74) is 6.23. The zero-order valence-electron chi connectivity index (χ0n) is 12.6. The van der Waals surface area contributed by atoms with E-state index >= 15 is 0 Å². The Morgan fingerprint density at radius 1 is 1.19 bits per heavy atom. The first-order valence-electron chi connectivity index (χ1n) is 7.09. The molecule has 1 aromatic rings. The van der Waals surface area contributed by atoms with Crippen molar-refractivity contribution in [3.05, 3.63) is 24.3 Å². The molecule has 0 aliphatic carbocycles. The summed E-state index contributed by atoms with van der Waals surface area (Å²) in [6.45, 7) is 5.39. The van der Waals surface area contributed by atoms with Gasteiger partial charge < -0.3 is 20.7 Å². The van der Waals surface area contributed by atoms with Crippen molar-refractivity contribution in [2.75, 3.05) is 32.0 Å². The van der Waals surface area contributed by atoms with E-state index in [4.69, 9.17) is 10.5 Å². The molecule has 3 N–H and O–H groups in total. The molecular weight excluding hydrogens is 270 g/mol. The van der Waals surface area contributed by atoms with Crippen LogP contribution < -0.4 is 15.8 Å². The fourth-order valence-electron chi connectivity index (χ4n) is 1.78. The van der Waals surface area contributed by atoms with Gasteiger partial charge in [-0.05, 0) is 38.1 Å². The van der Waals surface area contributed by atoms with Crippen LogP contribution in [-0.2, 0) is 9.59 Å². The molecule has 0 unspecified atom stereocenters. The van der Waals surface area contributed by atoms with Crippen molar-refractivity contribution in [3.63, 3.8) is 0 Å². The molecule has 0 heterocycles. The van der Waals surface area contributed by atoms with Gasteiger partial charge in [-0.3, -0.25) is 9.59 Å². The predicted molar refractivity (Wildman–Crippen MR) is 81.9 cm³/mol. The average Bonchev–Trinajstić information content (AvgIpc) is 2.48. The van der Waals surface area contributed by atoms with E-state index in [0.29, 0.717) is 24.5 Å². The quantitative estimate of drug-likeness (QED) is 0.701. The van der Waals surface area contributed by atoms with E-state index in [-0.39, 0.29) is 31.4 Å². The van der Waals surface area contributed by atoms with Crippen LogP contribution in [0.1, 0.15) is 20.3 Å². The Morgan fingerprint density at radius 3 is 2.38 bits per heavy atom. The van der Waals surface area contributed by atoms with Crippen LogP contribution in [0.15, 0.2) is 24.3 Å². The molecular formula is C15H23N3O3. The molecule has 2 amide bonds. The van der Waals surface area contributed by atoms with Gasteiger partial charge in [0, 0.05) is 18.8 Å². The number of amides is 2. The first-order chi connectivity index (χ1) is 10.1. The average molecular weight is 293 g/mol. The molecule has 0 spiro atoms. The van der Waals surface area contributed by atoms with Crippen LogP contribution >= 0.6 is 0 Å². The molecule has 116 valence electrons. The van der Waals surface area contributed by atoms with Crippen molar-refractivity contribution in [3.8, 4) is 5.75 Å². The Labute approximate surface area is 125 Å². The maximum absolute atomic E-state index is 11.7. The number of ether oxygens (including phenoxy) is 1. The first-order valence-corrected chi connectivity index (χ1v) is 7.09. The van der Waals surface area contributed by atoms with E-state index in [9.17, 15) is 9.59 Å². The summed E-state index contributed by atoms with van der Waals surface area (Å²) in [6, 6.07) is 6.96. The Bertz CT molecular complexity index is 456. The number of hydrogen-bond donors (Lipinski definition) is 2. The normalized spacial score (nSPS) is 10.0. The van der Waals surface area contributed by atoms with Crippen molar-refractivity contribution < 1.29 is 14.3 Å². The molecule has 0 saturated heterocycles. The van der Waals surface area contributed by atoms with Crippen LogP contribution in [0.2, 0.25) is 0 Å². The molecule has 0 saturated carbocycles. The minimum Gasteiger partial charge on any atom is -0.493 e. The third-order valence-corrected chi connectivity index (χ3v) is 3.03. The summed E-state index contributed by atoms with van der Waals surface area (Å²) in [6.07, 6.45) is 0.204. The molecule has 21 heavy (non-hydrogen) atoms. The van der Waals surface area contributed by atoms with Crippen LogP contribution in [0.3, 0.4) is 0 Å². The zero-order valence-corrected chi connectivity index (χ0v) is 12.6.